The SMILES string of the molecule is CC(C)n1cnc([C@@H]2CN(C(=O)c3cccs3)C[C@@]23CCCN(CC2CC2)C3=O)c1. The molecule has 2 aliphatic heterocycles. The lowest BCUT2D eigenvalue weighted by atomic mass is 9.70. The lowest BCUT2D eigenvalue weighted by molar-refractivity contribution is -0.146. The maximum absolute atomic E-state index is 13.8. The van der Waals surface area contributed by atoms with Gasteiger partial charge in [-0.1, -0.05) is 6.07 Å². The van der Waals surface area contributed by atoms with Crippen LogP contribution in [0.3, 0.4) is 0 Å². The van der Waals surface area contributed by atoms with Crippen LogP contribution in [0, 0.1) is 11.3 Å². The zero-order valence-electron chi connectivity index (χ0n) is 17.8. The molecule has 0 aromatic carbocycles. The average Bonchev–Trinajstić information content (AvgIpc) is 3.17. The number of likely N-dealkylation sites (tertiary alicyclic amines) is 2. The Balaban J connectivity index is 1.49. The molecule has 7 heteroatoms. The Morgan fingerprint density at radius 2 is 2.20 bits per heavy atom. The van der Waals surface area contributed by atoms with Crippen molar-refractivity contribution in [2.45, 2.75) is 51.5 Å². The lowest BCUT2D eigenvalue weighted by Gasteiger charge is -2.42. The van der Waals surface area contributed by atoms with E-state index in [0.29, 0.717) is 25.0 Å². The summed E-state index contributed by atoms with van der Waals surface area (Å²) in [7, 11) is 0. The first-order valence-corrected chi connectivity index (χ1v) is 12.0. The molecule has 0 unspecified atom stereocenters. The van der Waals surface area contributed by atoms with E-state index in [0.717, 1.165) is 36.5 Å². The number of thiophene rings is 1. The summed E-state index contributed by atoms with van der Waals surface area (Å²) in [5, 5.41) is 1.93. The number of aromatic nitrogens is 2. The molecule has 160 valence electrons. The third-order valence-corrected chi connectivity index (χ3v) is 7.93. The molecule has 2 aromatic heterocycles. The molecule has 2 aromatic rings. The summed E-state index contributed by atoms with van der Waals surface area (Å²) >= 11 is 1.47. The van der Waals surface area contributed by atoms with E-state index in [1.807, 2.05) is 28.7 Å². The second-order valence-electron chi connectivity index (χ2n) is 9.51. The summed E-state index contributed by atoms with van der Waals surface area (Å²) in [5.74, 6) is 0.914. The van der Waals surface area contributed by atoms with Gasteiger partial charge in [-0.2, -0.15) is 0 Å². The molecule has 5 rings (SSSR count). The zero-order valence-corrected chi connectivity index (χ0v) is 18.6. The van der Waals surface area contributed by atoms with Crippen molar-refractivity contribution in [3.63, 3.8) is 0 Å². The molecule has 4 heterocycles. The number of carbonyl (C=O) groups excluding carboxylic acids is 2. The first-order chi connectivity index (χ1) is 14.5. The second-order valence-corrected chi connectivity index (χ2v) is 10.5. The van der Waals surface area contributed by atoms with Crippen LogP contribution in [0.15, 0.2) is 30.0 Å². The van der Waals surface area contributed by atoms with E-state index in [1.165, 1.54) is 24.2 Å². The third-order valence-electron chi connectivity index (χ3n) is 7.08. The van der Waals surface area contributed by atoms with Gasteiger partial charge in [0.2, 0.25) is 5.91 Å². The smallest absolute Gasteiger partial charge is 0.263 e. The molecule has 2 saturated heterocycles. The molecule has 2 atom stereocenters. The van der Waals surface area contributed by atoms with E-state index < -0.39 is 5.41 Å². The molecule has 6 nitrogen and oxygen atoms in total. The number of rotatable bonds is 5. The first-order valence-electron chi connectivity index (χ1n) is 11.1. The predicted molar refractivity (Wildman–Crippen MR) is 117 cm³/mol. The fraction of sp³-hybridized carbons (Fsp3) is 0.609. The van der Waals surface area contributed by atoms with Gasteiger partial charge in [0.1, 0.15) is 0 Å². The van der Waals surface area contributed by atoms with Gasteiger partial charge in [0, 0.05) is 44.3 Å². The van der Waals surface area contributed by atoms with Gasteiger partial charge in [-0.25, -0.2) is 4.98 Å². The summed E-state index contributed by atoms with van der Waals surface area (Å²) in [5.41, 5.74) is 0.405. The van der Waals surface area contributed by atoms with Gasteiger partial charge in [-0.15, -0.1) is 11.3 Å². The molecule has 3 fully saturated rings. The predicted octanol–water partition coefficient (Wildman–Crippen LogP) is 3.78. The second kappa shape index (κ2) is 7.52. The number of carbonyl (C=O) groups is 2. The summed E-state index contributed by atoms with van der Waals surface area (Å²) in [6.07, 6.45) is 8.27. The highest BCUT2D eigenvalue weighted by atomic mass is 32.1. The summed E-state index contributed by atoms with van der Waals surface area (Å²) < 4.78 is 2.10. The zero-order chi connectivity index (χ0) is 20.9. The van der Waals surface area contributed by atoms with Crippen molar-refractivity contribution < 1.29 is 9.59 Å². The van der Waals surface area contributed by atoms with Crippen LogP contribution in [-0.2, 0) is 4.79 Å². The number of hydrogen-bond acceptors (Lipinski definition) is 4. The Hall–Kier alpha value is -2.15. The maximum Gasteiger partial charge on any atom is 0.263 e. The van der Waals surface area contributed by atoms with Crippen LogP contribution >= 0.6 is 11.3 Å². The molecular weight excluding hydrogens is 396 g/mol. The molecule has 0 radical (unpaired) electrons. The Labute approximate surface area is 181 Å². The fourth-order valence-corrected chi connectivity index (χ4v) is 5.87. The summed E-state index contributed by atoms with van der Waals surface area (Å²) in [4.78, 5) is 36.5. The molecule has 30 heavy (non-hydrogen) atoms. The lowest BCUT2D eigenvalue weighted by Crippen LogP contribution is -2.52. The monoisotopic (exact) mass is 426 g/mol. The van der Waals surface area contributed by atoms with Crippen molar-refractivity contribution in [2.75, 3.05) is 26.2 Å². The van der Waals surface area contributed by atoms with Crippen molar-refractivity contribution in [3.8, 4) is 0 Å². The van der Waals surface area contributed by atoms with Gasteiger partial charge in [-0.05, 0) is 56.9 Å². The molecule has 1 spiro atoms. The van der Waals surface area contributed by atoms with Crippen molar-refractivity contribution in [3.05, 3.63) is 40.6 Å². The van der Waals surface area contributed by atoms with E-state index >= 15 is 0 Å². The number of imidazole rings is 1. The van der Waals surface area contributed by atoms with Crippen molar-refractivity contribution in [1.29, 1.82) is 0 Å². The third kappa shape index (κ3) is 3.37. The van der Waals surface area contributed by atoms with Gasteiger partial charge in [-0.3, -0.25) is 9.59 Å². The minimum atomic E-state index is -0.545. The molecule has 3 aliphatic rings. The fourth-order valence-electron chi connectivity index (χ4n) is 5.18. The minimum Gasteiger partial charge on any atom is -0.342 e. The van der Waals surface area contributed by atoms with Crippen molar-refractivity contribution in [2.24, 2.45) is 11.3 Å². The normalized spacial score (nSPS) is 26.9. The maximum atomic E-state index is 13.8. The quantitative estimate of drug-likeness (QED) is 0.731. The topological polar surface area (TPSA) is 58.4 Å². The largest absolute Gasteiger partial charge is 0.342 e. The molecule has 1 aliphatic carbocycles. The highest BCUT2D eigenvalue weighted by Gasteiger charge is 2.57. The van der Waals surface area contributed by atoms with Gasteiger partial charge in [0.25, 0.3) is 5.91 Å². The highest BCUT2D eigenvalue weighted by molar-refractivity contribution is 7.12. The van der Waals surface area contributed by atoms with Crippen LogP contribution in [0.1, 0.15) is 66.9 Å². The average molecular weight is 427 g/mol. The van der Waals surface area contributed by atoms with E-state index in [-0.39, 0.29) is 17.7 Å². The molecule has 1 saturated carbocycles. The van der Waals surface area contributed by atoms with Crippen LogP contribution < -0.4 is 0 Å². The Kier molecular flexibility index (Phi) is 4.96. The van der Waals surface area contributed by atoms with Gasteiger partial charge in [0.15, 0.2) is 0 Å². The highest BCUT2D eigenvalue weighted by Crippen LogP contribution is 2.50. The molecular formula is C23H30N4O2S. The molecule has 2 amide bonds. The first kappa shape index (κ1) is 19.8. The summed E-state index contributed by atoms with van der Waals surface area (Å²) in [6, 6.07) is 4.11. The minimum absolute atomic E-state index is 0.0438. The van der Waals surface area contributed by atoms with Crippen LogP contribution in [0.25, 0.3) is 0 Å². The number of amides is 2. The number of hydrogen-bond donors (Lipinski definition) is 0. The van der Waals surface area contributed by atoms with Crippen LogP contribution in [-0.4, -0.2) is 57.3 Å². The summed E-state index contributed by atoms with van der Waals surface area (Å²) in [6.45, 7) is 7.06. The number of piperidine rings is 1. The van der Waals surface area contributed by atoms with Crippen molar-refractivity contribution >= 4 is 23.2 Å². The Morgan fingerprint density at radius 3 is 2.87 bits per heavy atom. The van der Waals surface area contributed by atoms with E-state index in [4.69, 9.17) is 4.98 Å². The van der Waals surface area contributed by atoms with Gasteiger partial charge >= 0.3 is 0 Å². The van der Waals surface area contributed by atoms with Crippen LogP contribution in [0.5, 0.6) is 0 Å². The Bertz CT molecular complexity index is 933. The van der Waals surface area contributed by atoms with Crippen LogP contribution in [0.4, 0.5) is 0 Å². The van der Waals surface area contributed by atoms with E-state index in [1.54, 1.807) is 0 Å². The van der Waals surface area contributed by atoms with Crippen LogP contribution in [0.2, 0.25) is 0 Å². The standard InChI is InChI=1S/C23H30N4O2S/c1-16(2)27-13-19(24-15-27)18-12-26(21(28)20-5-3-10-30-20)14-23(18)8-4-9-25(22(23)29)11-17-6-7-17/h3,5,10,13,15-18H,4,6-9,11-12,14H2,1-2H3/t18-,23-/m0/s1. The molecule has 0 N–H and O–H groups in total. The van der Waals surface area contributed by atoms with E-state index in [2.05, 4.69) is 29.5 Å². The van der Waals surface area contributed by atoms with Gasteiger partial charge in [0.05, 0.1) is 22.3 Å². The number of nitrogens with zero attached hydrogens (tertiary/aromatic N) is 4. The van der Waals surface area contributed by atoms with E-state index in [9.17, 15) is 9.59 Å². The van der Waals surface area contributed by atoms with Crippen molar-refractivity contribution in [1.82, 2.24) is 19.4 Å². The Morgan fingerprint density at radius 1 is 1.37 bits per heavy atom. The molecule has 0 bridgehead atoms. The van der Waals surface area contributed by atoms with Gasteiger partial charge < -0.3 is 14.4 Å².